The van der Waals surface area contributed by atoms with Gasteiger partial charge in [-0.15, -0.1) is 0 Å². The lowest BCUT2D eigenvalue weighted by atomic mass is 9.97. The molecule has 0 spiro atoms. The summed E-state index contributed by atoms with van der Waals surface area (Å²) in [7, 11) is 0. The molecule has 27 heavy (non-hydrogen) atoms. The summed E-state index contributed by atoms with van der Waals surface area (Å²) in [5.74, 6) is 0.0363. The van der Waals surface area contributed by atoms with E-state index in [4.69, 9.17) is 0 Å². The Kier molecular flexibility index (Phi) is 5.57. The second-order valence-electron chi connectivity index (χ2n) is 6.64. The van der Waals surface area contributed by atoms with Crippen LogP contribution in [0, 0.1) is 5.92 Å². The zero-order valence-electron chi connectivity index (χ0n) is 14.4. The van der Waals surface area contributed by atoms with Crippen molar-refractivity contribution < 1.29 is 18.0 Å². The molecule has 0 saturated heterocycles. The van der Waals surface area contributed by atoms with E-state index in [0.717, 1.165) is 42.5 Å². The number of nitrogens with zero attached hydrogens (tertiary/aromatic N) is 3. The van der Waals surface area contributed by atoms with Crippen LogP contribution in [0.1, 0.15) is 43.7 Å². The molecule has 144 valence electrons. The molecule has 0 aromatic carbocycles. The molecule has 2 heterocycles. The van der Waals surface area contributed by atoms with Gasteiger partial charge in [0.05, 0.1) is 5.56 Å². The first-order chi connectivity index (χ1) is 12.8. The minimum atomic E-state index is -4.61. The molecule has 1 aliphatic rings. The predicted molar refractivity (Wildman–Crippen MR) is 92.0 cm³/mol. The molecule has 0 unspecified atom stereocenters. The number of rotatable bonds is 5. The predicted octanol–water partition coefficient (Wildman–Crippen LogP) is 3.42. The zero-order chi connectivity index (χ0) is 19.4. The fraction of sp³-hybridized carbons (Fsp3) is 0.444. The van der Waals surface area contributed by atoms with E-state index in [9.17, 15) is 22.8 Å². The molecule has 0 bridgehead atoms. The van der Waals surface area contributed by atoms with Crippen LogP contribution in [-0.2, 0) is 11.0 Å². The lowest BCUT2D eigenvalue weighted by Gasteiger charge is -2.22. The topological polar surface area (TPSA) is 76.9 Å². The van der Waals surface area contributed by atoms with Crippen LogP contribution < -0.4 is 10.9 Å². The lowest BCUT2D eigenvalue weighted by molar-refractivity contribution is -0.137. The molecule has 1 fully saturated rings. The van der Waals surface area contributed by atoms with Gasteiger partial charge in [-0.3, -0.25) is 9.59 Å². The molecule has 0 radical (unpaired) electrons. The van der Waals surface area contributed by atoms with Crippen molar-refractivity contribution in [2.45, 2.75) is 44.3 Å². The summed E-state index contributed by atoms with van der Waals surface area (Å²) >= 11 is 0. The molecular formula is C18H19F3N4O2. The van der Waals surface area contributed by atoms with E-state index in [1.807, 2.05) is 0 Å². The SMILES string of the molecule is O=C(Nc1ccncn1)[C@H](CC1CCCC1)n1ccc(C(F)(F)F)cc1=O. The first-order valence-corrected chi connectivity index (χ1v) is 8.71. The normalized spacial score (nSPS) is 16.3. The van der Waals surface area contributed by atoms with E-state index >= 15 is 0 Å². The fourth-order valence-electron chi connectivity index (χ4n) is 3.41. The Morgan fingerprint density at radius 3 is 2.63 bits per heavy atom. The number of carbonyl (C=O) groups is 1. The summed E-state index contributed by atoms with van der Waals surface area (Å²) in [6.07, 6.45) is 3.53. The van der Waals surface area contributed by atoms with Crippen molar-refractivity contribution in [1.82, 2.24) is 14.5 Å². The number of halogens is 3. The molecule has 9 heteroatoms. The van der Waals surface area contributed by atoms with Crippen LogP contribution in [0.2, 0.25) is 0 Å². The molecule has 2 aromatic heterocycles. The Balaban J connectivity index is 1.89. The Hall–Kier alpha value is -2.71. The monoisotopic (exact) mass is 380 g/mol. The first kappa shape index (κ1) is 19.1. The number of alkyl halides is 3. The van der Waals surface area contributed by atoms with Crippen LogP contribution in [0.4, 0.5) is 19.0 Å². The van der Waals surface area contributed by atoms with Crippen LogP contribution in [-0.4, -0.2) is 20.4 Å². The number of nitrogens with one attached hydrogen (secondary N) is 1. The highest BCUT2D eigenvalue weighted by Crippen LogP contribution is 2.33. The van der Waals surface area contributed by atoms with Crippen molar-refractivity contribution >= 4 is 11.7 Å². The molecule has 1 aliphatic carbocycles. The maximum Gasteiger partial charge on any atom is 0.416 e. The van der Waals surface area contributed by atoms with Gasteiger partial charge in [0.25, 0.3) is 5.56 Å². The van der Waals surface area contributed by atoms with Gasteiger partial charge in [-0.25, -0.2) is 9.97 Å². The summed E-state index contributed by atoms with van der Waals surface area (Å²) in [4.78, 5) is 32.8. The maximum atomic E-state index is 12.8. The van der Waals surface area contributed by atoms with E-state index in [-0.39, 0.29) is 11.7 Å². The smallest absolute Gasteiger partial charge is 0.309 e. The van der Waals surface area contributed by atoms with E-state index in [2.05, 4.69) is 15.3 Å². The van der Waals surface area contributed by atoms with Gasteiger partial charge in [-0.2, -0.15) is 13.2 Å². The van der Waals surface area contributed by atoms with Gasteiger partial charge in [0, 0.05) is 18.5 Å². The van der Waals surface area contributed by atoms with Crippen LogP contribution in [0.3, 0.4) is 0 Å². The van der Waals surface area contributed by atoms with Crippen molar-refractivity contribution in [3.8, 4) is 0 Å². The fourth-order valence-corrected chi connectivity index (χ4v) is 3.41. The molecule has 1 N–H and O–H groups in total. The van der Waals surface area contributed by atoms with Gasteiger partial charge in [-0.1, -0.05) is 25.7 Å². The maximum absolute atomic E-state index is 12.8. The zero-order valence-corrected chi connectivity index (χ0v) is 14.4. The summed E-state index contributed by atoms with van der Waals surface area (Å²) in [5.41, 5.74) is -1.88. The molecule has 1 saturated carbocycles. The number of hydrogen-bond donors (Lipinski definition) is 1. The third kappa shape index (κ3) is 4.72. The average Bonchev–Trinajstić information content (AvgIpc) is 3.13. The van der Waals surface area contributed by atoms with Crippen LogP contribution in [0.15, 0.2) is 41.7 Å². The Morgan fingerprint density at radius 1 is 1.30 bits per heavy atom. The van der Waals surface area contributed by atoms with E-state index in [0.29, 0.717) is 12.5 Å². The highest BCUT2D eigenvalue weighted by molar-refractivity contribution is 5.92. The Labute approximate surface area is 153 Å². The number of amides is 1. The first-order valence-electron chi connectivity index (χ1n) is 8.71. The minimum absolute atomic E-state index is 0.250. The second-order valence-corrected chi connectivity index (χ2v) is 6.64. The van der Waals surface area contributed by atoms with Crippen LogP contribution in [0.5, 0.6) is 0 Å². The van der Waals surface area contributed by atoms with Gasteiger partial charge < -0.3 is 9.88 Å². The van der Waals surface area contributed by atoms with Gasteiger partial charge in [0.15, 0.2) is 0 Å². The van der Waals surface area contributed by atoms with Gasteiger partial charge in [-0.05, 0) is 24.5 Å². The molecule has 3 rings (SSSR count). The molecule has 6 nitrogen and oxygen atoms in total. The number of anilines is 1. The average molecular weight is 380 g/mol. The summed E-state index contributed by atoms with van der Waals surface area (Å²) in [6.45, 7) is 0. The van der Waals surface area contributed by atoms with E-state index in [1.54, 1.807) is 0 Å². The second kappa shape index (κ2) is 7.89. The number of hydrogen-bond acceptors (Lipinski definition) is 4. The minimum Gasteiger partial charge on any atom is -0.309 e. The standard InChI is InChI=1S/C18H19F3N4O2/c19-18(20,21)13-6-8-25(16(26)10-13)14(9-12-3-1-2-4-12)17(27)24-15-5-7-22-11-23-15/h5-8,10-12,14H,1-4,9H2,(H,22,23,24,27)/t14-/m0/s1. The summed E-state index contributed by atoms with van der Waals surface area (Å²) in [6, 6.07) is 1.94. The lowest BCUT2D eigenvalue weighted by Crippen LogP contribution is -2.34. The van der Waals surface area contributed by atoms with Crippen molar-refractivity contribution in [3.63, 3.8) is 0 Å². The van der Waals surface area contributed by atoms with Crippen molar-refractivity contribution in [2.24, 2.45) is 5.92 Å². The Morgan fingerprint density at radius 2 is 2.04 bits per heavy atom. The number of aromatic nitrogens is 3. The van der Waals surface area contributed by atoms with Gasteiger partial charge >= 0.3 is 6.18 Å². The van der Waals surface area contributed by atoms with E-state index in [1.165, 1.54) is 18.6 Å². The third-order valence-corrected chi connectivity index (χ3v) is 4.78. The van der Waals surface area contributed by atoms with E-state index < -0.39 is 29.2 Å². The van der Waals surface area contributed by atoms with Crippen molar-refractivity contribution in [2.75, 3.05) is 5.32 Å². The van der Waals surface area contributed by atoms with Crippen LogP contribution >= 0.6 is 0 Å². The molecule has 0 aliphatic heterocycles. The molecular weight excluding hydrogens is 361 g/mol. The molecule has 1 amide bonds. The highest BCUT2D eigenvalue weighted by Gasteiger charge is 2.33. The molecule has 1 atom stereocenters. The highest BCUT2D eigenvalue weighted by atomic mass is 19.4. The summed E-state index contributed by atoms with van der Waals surface area (Å²) in [5, 5.41) is 2.61. The number of pyridine rings is 1. The molecule has 2 aromatic rings. The van der Waals surface area contributed by atoms with Gasteiger partial charge in [0.1, 0.15) is 18.2 Å². The van der Waals surface area contributed by atoms with Gasteiger partial charge in [0.2, 0.25) is 5.91 Å². The largest absolute Gasteiger partial charge is 0.416 e. The summed E-state index contributed by atoms with van der Waals surface area (Å²) < 4.78 is 39.6. The third-order valence-electron chi connectivity index (χ3n) is 4.78. The Bertz CT molecular complexity index is 846. The number of carbonyl (C=O) groups excluding carboxylic acids is 1. The quantitative estimate of drug-likeness (QED) is 0.862. The van der Waals surface area contributed by atoms with Crippen LogP contribution in [0.25, 0.3) is 0 Å². The van der Waals surface area contributed by atoms with Crippen molar-refractivity contribution in [3.05, 3.63) is 52.8 Å². The van der Waals surface area contributed by atoms with Crippen molar-refractivity contribution in [1.29, 1.82) is 0 Å².